The number of likely N-dealkylation sites (N-methyl/N-ethyl adjacent to an activating group) is 1. The minimum atomic E-state index is 0.166. The highest BCUT2D eigenvalue weighted by molar-refractivity contribution is 7.16. The summed E-state index contributed by atoms with van der Waals surface area (Å²) in [7, 11) is 2.25. The van der Waals surface area contributed by atoms with Crippen LogP contribution < -0.4 is 5.73 Å². The number of nitrogens with zero attached hydrogens (tertiary/aromatic N) is 1. The Labute approximate surface area is 138 Å². The Kier molecular flexibility index (Phi) is 5.75. The molecule has 1 aromatic heterocycles. The second kappa shape index (κ2) is 6.99. The molecule has 0 bridgehead atoms. The first-order valence-corrected chi connectivity index (χ1v) is 9.26. The van der Waals surface area contributed by atoms with Gasteiger partial charge < -0.3 is 5.73 Å². The number of hydrogen-bond donors (Lipinski definition) is 1. The molecule has 1 heterocycles. The van der Waals surface area contributed by atoms with Crippen molar-refractivity contribution in [3.05, 3.63) is 21.3 Å². The van der Waals surface area contributed by atoms with Gasteiger partial charge in [0.05, 0.1) is 10.4 Å². The fourth-order valence-corrected chi connectivity index (χ4v) is 4.73. The molecular weight excluding hydrogens is 300 g/mol. The van der Waals surface area contributed by atoms with Crippen LogP contribution in [-0.4, -0.2) is 24.0 Å². The molecule has 1 saturated carbocycles. The van der Waals surface area contributed by atoms with E-state index in [1.165, 1.54) is 30.6 Å². The number of rotatable bonds is 5. The van der Waals surface area contributed by atoms with E-state index in [4.69, 9.17) is 17.3 Å². The van der Waals surface area contributed by atoms with Crippen LogP contribution in [0.5, 0.6) is 0 Å². The number of halogens is 1. The van der Waals surface area contributed by atoms with Crippen LogP contribution in [0.1, 0.15) is 63.8 Å². The first-order valence-electron chi connectivity index (χ1n) is 8.07. The van der Waals surface area contributed by atoms with Gasteiger partial charge in [0.1, 0.15) is 0 Å². The van der Waals surface area contributed by atoms with Gasteiger partial charge in [-0.3, -0.25) is 4.90 Å². The maximum Gasteiger partial charge on any atom is 0.0931 e. The molecule has 0 aliphatic heterocycles. The fourth-order valence-electron chi connectivity index (χ4n) is 3.44. The highest BCUT2D eigenvalue weighted by Crippen LogP contribution is 2.40. The SMILES string of the molecule is CCC(N)C(c1ccc(Cl)s1)N(C)C1CCC(C)(C)CC1. The number of thiophene rings is 1. The third-order valence-electron chi connectivity index (χ3n) is 5.09. The highest BCUT2D eigenvalue weighted by Gasteiger charge is 2.34. The minimum Gasteiger partial charge on any atom is -0.326 e. The van der Waals surface area contributed by atoms with Crippen LogP contribution >= 0.6 is 22.9 Å². The van der Waals surface area contributed by atoms with Crippen molar-refractivity contribution in [3.63, 3.8) is 0 Å². The van der Waals surface area contributed by atoms with Crippen LogP contribution in [0.4, 0.5) is 0 Å². The predicted octanol–water partition coefficient (Wildman–Crippen LogP) is 5.08. The van der Waals surface area contributed by atoms with Crippen LogP contribution in [0.15, 0.2) is 12.1 Å². The molecule has 0 amide bonds. The summed E-state index contributed by atoms with van der Waals surface area (Å²) in [5.74, 6) is 0. The quantitative estimate of drug-likeness (QED) is 0.816. The van der Waals surface area contributed by atoms with Crippen molar-refractivity contribution in [2.75, 3.05) is 7.05 Å². The fraction of sp³-hybridized carbons (Fsp3) is 0.765. The second-order valence-corrected chi connectivity index (χ2v) is 8.97. The highest BCUT2D eigenvalue weighted by atomic mass is 35.5. The zero-order valence-electron chi connectivity index (χ0n) is 13.7. The van der Waals surface area contributed by atoms with E-state index in [1.54, 1.807) is 11.3 Å². The van der Waals surface area contributed by atoms with Crippen molar-refractivity contribution in [1.82, 2.24) is 4.90 Å². The van der Waals surface area contributed by atoms with Gasteiger partial charge in [0.2, 0.25) is 0 Å². The summed E-state index contributed by atoms with van der Waals surface area (Å²) < 4.78 is 0.858. The van der Waals surface area contributed by atoms with Crippen molar-refractivity contribution in [1.29, 1.82) is 0 Å². The van der Waals surface area contributed by atoms with Gasteiger partial charge in [0.15, 0.2) is 0 Å². The smallest absolute Gasteiger partial charge is 0.0931 e. The summed E-state index contributed by atoms with van der Waals surface area (Å²) in [6.07, 6.45) is 6.15. The van der Waals surface area contributed by atoms with E-state index in [2.05, 4.69) is 38.8 Å². The van der Waals surface area contributed by atoms with E-state index in [0.717, 1.165) is 10.8 Å². The third-order valence-corrected chi connectivity index (χ3v) is 6.39. The Morgan fingerprint density at radius 1 is 1.38 bits per heavy atom. The molecule has 1 aliphatic carbocycles. The van der Waals surface area contributed by atoms with Gasteiger partial charge in [-0.1, -0.05) is 32.4 Å². The molecule has 1 fully saturated rings. The normalized spacial score (nSPS) is 22.4. The molecule has 4 heteroatoms. The topological polar surface area (TPSA) is 29.3 Å². The van der Waals surface area contributed by atoms with Gasteiger partial charge >= 0.3 is 0 Å². The standard InChI is InChI=1S/C17H29ClN2S/c1-5-13(19)16(14-6-7-15(18)21-14)20(4)12-8-10-17(2,3)11-9-12/h6-7,12-13,16H,5,8-11,19H2,1-4H3. The summed E-state index contributed by atoms with van der Waals surface area (Å²) in [5, 5.41) is 0. The molecule has 0 saturated heterocycles. The van der Waals surface area contributed by atoms with Gasteiger partial charge in [-0.05, 0) is 56.7 Å². The van der Waals surface area contributed by atoms with E-state index in [9.17, 15) is 0 Å². The molecule has 2 nitrogen and oxygen atoms in total. The van der Waals surface area contributed by atoms with Crippen molar-refractivity contribution in [2.45, 2.75) is 71.0 Å². The van der Waals surface area contributed by atoms with Crippen molar-refractivity contribution in [2.24, 2.45) is 11.1 Å². The average molecular weight is 329 g/mol. The predicted molar refractivity (Wildman–Crippen MR) is 94.1 cm³/mol. The molecule has 2 rings (SSSR count). The lowest BCUT2D eigenvalue weighted by Crippen LogP contribution is -2.45. The summed E-state index contributed by atoms with van der Waals surface area (Å²) in [4.78, 5) is 3.83. The van der Waals surface area contributed by atoms with E-state index >= 15 is 0 Å². The summed E-state index contributed by atoms with van der Waals surface area (Å²) in [6.45, 7) is 6.94. The molecule has 0 aromatic carbocycles. The lowest BCUT2D eigenvalue weighted by atomic mass is 9.75. The molecule has 0 spiro atoms. The van der Waals surface area contributed by atoms with Crippen molar-refractivity contribution < 1.29 is 0 Å². The van der Waals surface area contributed by atoms with Gasteiger partial charge in [0, 0.05) is 17.0 Å². The molecule has 1 aromatic rings. The number of hydrogen-bond acceptors (Lipinski definition) is 3. The summed E-state index contributed by atoms with van der Waals surface area (Å²) >= 11 is 7.81. The maximum absolute atomic E-state index is 6.44. The Morgan fingerprint density at radius 2 is 2.00 bits per heavy atom. The van der Waals surface area contributed by atoms with Gasteiger partial charge in [-0.2, -0.15) is 0 Å². The Hall–Kier alpha value is -0.0900. The second-order valence-electron chi connectivity index (χ2n) is 7.22. The van der Waals surface area contributed by atoms with Crippen molar-refractivity contribution >= 4 is 22.9 Å². The van der Waals surface area contributed by atoms with Crippen LogP contribution in [0, 0.1) is 5.41 Å². The van der Waals surface area contributed by atoms with Crippen LogP contribution in [-0.2, 0) is 0 Å². The minimum absolute atomic E-state index is 0.166. The van der Waals surface area contributed by atoms with Gasteiger partial charge in [-0.25, -0.2) is 0 Å². The zero-order chi connectivity index (χ0) is 15.6. The van der Waals surface area contributed by atoms with E-state index < -0.39 is 0 Å². The molecule has 2 unspecified atom stereocenters. The van der Waals surface area contributed by atoms with Crippen LogP contribution in [0.2, 0.25) is 4.34 Å². The third kappa shape index (κ3) is 4.22. The van der Waals surface area contributed by atoms with Crippen molar-refractivity contribution in [3.8, 4) is 0 Å². The Bertz CT molecular complexity index is 447. The van der Waals surface area contributed by atoms with E-state index in [1.807, 2.05) is 6.07 Å². The maximum atomic E-state index is 6.44. The van der Waals surface area contributed by atoms with Gasteiger partial charge in [0.25, 0.3) is 0 Å². The lowest BCUT2D eigenvalue weighted by Gasteiger charge is -2.43. The van der Waals surface area contributed by atoms with E-state index in [0.29, 0.717) is 17.5 Å². The molecular formula is C17H29ClN2S. The van der Waals surface area contributed by atoms with Crippen LogP contribution in [0.25, 0.3) is 0 Å². The largest absolute Gasteiger partial charge is 0.326 e. The monoisotopic (exact) mass is 328 g/mol. The number of nitrogens with two attached hydrogens (primary N) is 1. The first kappa shape index (κ1) is 17.3. The molecule has 120 valence electrons. The molecule has 2 atom stereocenters. The molecule has 1 aliphatic rings. The van der Waals surface area contributed by atoms with Crippen LogP contribution in [0.3, 0.4) is 0 Å². The zero-order valence-corrected chi connectivity index (χ0v) is 15.3. The van der Waals surface area contributed by atoms with Gasteiger partial charge in [-0.15, -0.1) is 11.3 Å². The Balaban J connectivity index is 2.13. The Morgan fingerprint density at radius 3 is 2.48 bits per heavy atom. The lowest BCUT2D eigenvalue weighted by molar-refractivity contribution is 0.0840. The summed E-state index contributed by atoms with van der Waals surface area (Å²) in [6, 6.07) is 5.24. The molecule has 21 heavy (non-hydrogen) atoms. The average Bonchev–Trinajstić information content (AvgIpc) is 2.84. The molecule has 0 radical (unpaired) electrons. The van der Waals surface area contributed by atoms with E-state index in [-0.39, 0.29) is 6.04 Å². The summed E-state index contributed by atoms with van der Waals surface area (Å²) in [5.41, 5.74) is 6.95. The first-order chi connectivity index (χ1) is 9.84. The molecule has 2 N–H and O–H groups in total.